The third-order valence-corrected chi connectivity index (χ3v) is 3.04. The van der Waals surface area contributed by atoms with Gasteiger partial charge in [0.2, 0.25) is 0 Å². The third-order valence-electron chi connectivity index (χ3n) is 2.13. The predicted molar refractivity (Wildman–Crippen MR) is 65.6 cm³/mol. The molecule has 17 heavy (non-hydrogen) atoms. The highest BCUT2D eigenvalue weighted by molar-refractivity contribution is 7.13. The summed E-state index contributed by atoms with van der Waals surface area (Å²) in [7, 11) is 0. The first-order valence-electron chi connectivity index (χ1n) is 4.85. The van der Waals surface area contributed by atoms with Crippen molar-refractivity contribution in [1.29, 1.82) is 0 Å². The molecule has 6 heteroatoms. The molecule has 1 heterocycles. The number of nitrogens with one attached hydrogen (secondary N) is 1. The Kier molecular flexibility index (Phi) is 3.06. The van der Waals surface area contributed by atoms with E-state index in [-0.39, 0.29) is 11.4 Å². The molecular weight excluding hydrogens is 241 g/mol. The SMILES string of the molecule is Cc1ncc(C(=O)Nc2c(N)cccc2F)s1. The number of amides is 1. The largest absolute Gasteiger partial charge is 0.397 e. The van der Waals surface area contributed by atoms with E-state index in [1.165, 1.54) is 35.7 Å². The summed E-state index contributed by atoms with van der Waals surface area (Å²) in [5, 5.41) is 3.21. The van der Waals surface area contributed by atoms with Crippen LogP contribution in [0.3, 0.4) is 0 Å². The van der Waals surface area contributed by atoms with Crippen LogP contribution in [0.5, 0.6) is 0 Å². The van der Waals surface area contributed by atoms with Crippen molar-refractivity contribution in [2.45, 2.75) is 6.92 Å². The maximum atomic E-state index is 13.4. The monoisotopic (exact) mass is 251 g/mol. The zero-order valence-corrected chi connectivity index (χ0v) is 9.84. The molecule has 2 rings (SSSR count). The van der Waals surface area contributed by atoms with Gasteiger partial charge < -0.3 is 11.1 Å². The third kappa shape index (κ3) is 2.42. The highest BCUT2D eigenvalue weighted by atomic mass is 32.1. The van der Waals surface area contributed by atoms with Gasteiger partial charge >= 0.3 is 0 Å². The summed E-state index contributed by atoms with van der Waals surface area (Å²) < 4.78 is 13.4. The first-order valence-corrected chi connectivity index (χ1v) is 5.67. The van der Waals surface area contributed by atoms with Gasteiger partial charge in [0.1, 0.15) is 16.4 Å². The number of nitrogens with zero attached hydrogens (tertiary/aromatic N) is 1. The Morgan fingerprint density at radius 3 is 2.88 bits per heavy atom. The Labute approximate surface area is 101 Å². The lowest BCUT2D eigenvalue weighted by atomic mass is 10.2. The number of aromatic nitrogens is 1. The summed E-state index contributed by atoms with van der Waals surface area (Å²) in [5.74, 6) is -0.966. The fourth-order valence-corrected chi connectivity index (χ4v) is 1.99. The fraction of sp³-hybridized carbons (Fsp3) is 0.0909. The summed E-state index contributed by atoms with van der Waals surface area (Å²) >= 11 is 1.24. The van der Waals surface area contributed by atoms with E-state index in [4.69, 9.17) is 5.73 Å². The van der Waals surface area contributed by atoms with Crippen molar-refractivity contribution in [1.82, 2.24) is 4.98 Å². The summed E-state index contributed by atoms with van der Waals surface area (Å²) in [6.45, 7) is 1.79. The Hall–Kier alpha value is -1.95. The molecule has 0 bridgehead atoms. The van der Waals surface area contributed by atoms with E-state index in [1.807, 2.05) is 0 Å². The Morgan fingerprint density at radius 1 is 1.53 bits per heavy atom. The van der Waals surface area contributed by atoms with Crippen LogP contribution < -0.4 is 11.1 Å². The van der Waals surface area contributed by atoms with E-state index in [0.717, 1.165) is 5.01 Å². The molecule has 1 aromatic carbocycles. The number of thiazole rings is 1. The van der Waals surface area contributed by atoms with Crippen molar-refractivity contribution in [2.75, 3.05) is 11.1 Å². The molecular formula is C11H10FN3OS. The van der Waals surface area contributed by atoms with Gasteiger partial charge in [-0.1, -0.05) is 6.07 Å². The minimum atomic E-state index is -0.556. The van der Waals surface area contributed by atoms with E-state index in [1.54, 1.807) is 6.92 Å². The highest BCUT2D eigenvalue weighted by Gasteiger charge is 2.13. The van der Waals surface area contributed by atoms with Gasteiger partial charge in [0.25, 0.3) is 5.91 Å². The molecule has 3 N–H and O–H groups in total. The van der Waals surface area contributed by atoms with Crippen molar-refractivity contribution >= 4 is 28.6 Å². The number of rotatable bonds is 2. The zero-order chi connectivity index (χ0) is 12.4. The first kappa shape index (κ1) is 11.5. The molecule has 0 saturated heterocycles. The minimum absolute atomic E-state index is 0.00329. The molecule has 0 saturated carbocycles. The molecule has 88 valence electrons. The number of nitrogens with two attached hydrogens (primary N) is 1. The second-order valence-electron chi connectivity index (χ2n) is 3.40. The maximum absolute atomic E-state index is 13.4. The zero-order valence-electron chi connectivity index (χ0n) is 9.03. The number of halogens is 1. The number of anilines is 2. The van der Waals surface area contributed by atoms with Crippen molar-refractivity contribution in [2.24, 2.45) is 0 Å². The van der Waals surface area contributed by atoms with Gasteiger partial charge in [0.15, 0.2) is 0 Å². The van der Waals surface area contributed by atoms with E-state index >= 15 is 0 Å². The molecule has 1 amide bonds. The fourth-order valence-electron chi connectivity index (χ4n) is 1.31. The molecule has 0 atom stereocenters. The van der Waals surface area contributed by atoms with Gasteiger partial charge in [-0.25, -0.2) is 9.37 Å². The van der Waals surface area contributed by atoms with Crippen molar-refractivity contribution in [3.8, 4) is 0 Å². The quantitative estimate of drug-likeness (QED) is 0.805. The second kappa shape index (κ2) is 4.50. The lowest BCUT2D eigenvalue weighted by Gasteiger charge is -2.07. The van der Waals surface area contributed by atoms with Crippen molar-refractivity contribution in [3.63, 3.8) is 0 Å². The topological polar surface area (TPSA) is 68.0 Å². The average molecular weight is 251 g/mol. The Bertz CT molecular complexity index is 547. The number of carbonyl (C=O) groups is 1. The van der Waals surface area contributed by atoms with Crippen LogP contribution in [0.1, 0.15) is 14.7 Å². The van der Waals surface area contributed by atoms with E-state index in [2.05, 4.69) is 10.3 Å². The van der Waals surface area contributed by atoms with Gasteiger partial charge in [-0.15, -0.1) is 11.3 Å². The molecule has 0 unspecified atom stereocenters. The second-order valence-corrected chi connectivity index (χ2v) is 4.64. The van der Waals surface area contributed by atoms with Crippen molar-refractivity contribution < 1.29 is 9.18 Å². The van der Waals surface area contributed by atoms with Crippen molar-refractivity contribution in [3.05, 3.63) is 40.1 Å². The highest BCUT2D eigenvalue weighted by Crippen LogP contribution is 2.23. The van der Waals surface area contributed by atoms with Gasteiger partial charge in [-0.2, -0.15) is 0 Å². The Morgan fingerprint density at radius 2 is 2.29 bits per heavy atom. The molecule has 0 fully saturated rings. The molecule has 1 aromatic heterocycles. The van der Waals surface area contributed by atoms with Gasteiger partial charge in [0, 0.05) is 0 Å². The molecule has 0 aliphatic heterocycles. The molecule has 0 radical (unpaired) electrons. The summed E-state index contributed by atoms with van der Waals surface area (Å²) in [6, 6.07) is 4.25. The molecule has 2 aromatic rings. The van der Waals surface area contributed by atoms with Gasteiger partial charge in [-0.05, 0) is 19.1 Å². The van der Waals surface area contributed by atoms with Crippen LogP contribution >= 0.6 is 11.3 Å². The average Bonchev–Trinajstić information content (AvgIpc) is 2.70. The van der Waals surface area contributed by atoms with Crippen LogP contribution in [0.25, 0.3) is 0 Å². The molecule has 0 aliphatic rings. The number of para-hydroxylation sites is 1. The molecule has 4 nitrogen and oxygen atoms in total. The Balaban J connectivity index is 2.24. The van der Waals surface area contributed by atoms with Crippen LogP contribution in [0.4, 0.5) is 15.8 Å². The molecule has 0 spiro atoms. The van der Waals surface area contributed by atoms with Gasteiger partial charge in [-0.3, -0.25) is 4.79 Å². The van der Waals surface area contributed by atoms with Gasteiger partial charge in [0.05, 0.1) is 16.9 Å². The number of hydrogen-bond acceptors (Lipinski definition) is 4. The lowest BCUT2D eigenvalue weighted by Crippen LogP contribution is -2.13. The summed E-state index contributed by atoms with van der Waals surface area (Å²) in [6.07, 6.45) is 1.45. The number of nitrogen functional groups attached to an aromatic ring is 1. The lowest BCUT2D eigenvalue weighted by molar-refractivity contribution is 0.103. The molecule has 0 aliphatic carbocycles. The van der Waals surface area contributed by atoms with E-state index < -0.39 is 11.7 Å². The predicted octanol–water partition coefficient (Wildman–Crippen LogP) is 2.43. The van der Waals surface area contributed by atoms with E-state index in [0.29, 0.717) is 4.88 Å². The number of benzene rings is 1. The summed E-state index contributed by atoms with van der Waals surface area (Å²) in [4.78, 5) is 16.1. The number of hydrogen-bond donors (Lipinski definition) is 2. The smallest absolute Gasteiger partial charge is 0.267 e. The van der Waals surface area contributed by atoms with Crippen LogP contribution in [-0.2, 0) is 0 Å². The van der Waals surface area contributed by atoms with E-state index in [9.17, 15) is 9.18 Å². The standard InChI is InChI=1S/C11H10FN3OS/c1-6-14-5-9(17-6)11(16)15-10-7(12)3-2-4-8(10)13/h2-5H,13H2,1H3,(H,15,16). The minimum Gasteiger partial charge on any atom is -0.397 e. The maximum Gasteiger partial charge on any atom is 0.267 e. The first-order chi connectivity index (χ1) is 8.08. The van der Waals surface area contributed by atoms with Crippen LogP contribution in [-0.4, -0.2) is 10.9 Å². The van der Waals surface area contributed by atoms with Crippen LogP contribution in [0.2, 0.25) is 0 Å². The number of aryl methyl sites for hydroxylation is 1. The summed E-state index contributed by atoms with van der Waals surface area (Å²) in [5.41, 5.74) is 5.78. The van der Waals surface area contributed by atoms with Crippen LogP contribution in [0, 0.1) is 12.7 Å². The number of carbonyl (C=O) groups excluding carboxylic acids is 1. The normalized spacial score (nSPS) is 10.2. The van der Waals surface area contributed by atoms with Crippen LogP contribution in [0.15, 0.2) is 24.4 Å².